The molecular formula is C19H28F3N3. The van der Waals surface area contributed by atoms with Gasteiger partial charge in [-0.05, 0) is 43.4 Å². The average Bonchev–Trinajstić information content (AvgIpc) is 2.88. The Balaban J connectivity index is 1.64. The second-order valence-electron chi connectivity index (χ2n) is 6.68. The molecular weight excluding hydrogens is 327 g/mol. The lowest BCUT2D eigenvalue weighted by molar-refractivity contribution is -0.135. The summed E-state index contributed by atoms with van der Waals surface area (Å²) in [6.07, 6.45) is 5.19. The van der Waals surface area contributed by atoms with Crippen molar-refractivity contribution in [2.45, 2.75) is 77.3 Å². The minimum Gasteiger partial charge on any atom is -0.339 e. The van der Waals surface area contributed by atoms with Crippen molar-refractivity contribution < 1.29 is 13.2 Å². The van der Waals surface area contributed by atoms with Crippen LogP contribution in [0.4, 0.5) is 13.2 Å². The molecule has 0 aliphatic carbocycles. The van der Waals surface area contributed by atoms with Crippen LogP contribution in [0.1, 0.15) is 69.5 Å². The number of aromatic nitrogens is 2. The van der Waals surface area contributed by atoms with Crippen molar-refractivity contribution in [2.75, 3.05) is 5.84 Å². The lowest BCUT2D eigenvalue weighted by Gasteiger charge is -2.06. The van der Waals surface area contributed by atoms with E-state index in [1.165, 1.54) is 5.56 Å². The molecule has 0 spiro atoms. The predicted molar refractivity (Wildman–Crippen MR) is 96.0 cm³/mol. The summed E-state index contributed by atoms with van der Waals surface area (Å²) in [6.45, 7) is 2.10. The van der Waals surface area contributed by atoms with Crippen molar-refractivity contribution in [1.82, 2.24) is 9.66 Å². The van der Waals surface area contributed by atoms with Crippen LogP contribution in [0.5, 0.6) is 0 Å². The molecule has 0 saturated heterocycles. The molecule has 0 aliphatic heterocycles. The van der Waals surface area contributed by atoms with Gasteiger partial charge in [0.05, 0.1) is 11.0 Å². The van der Waals surface area contributed by atoms with E-state index < -0.39 is 12.6 Å². The Morgan fingerprint density at radius 3 is 2.28 bits per heavy atom. The zero-order valence-corrected chi connectivity index (χ0v) is 14.9. The normalized spacial score (nSPS) is 12.2. The van der Waals surface area contributed by atoms with E-state index in [0.29, 0.717) is 6.42 Å². The molecule has 140 valence electrons. The van der Waals surface area contributed by atoms with E-state index >= 15 is 0 Å². The van der Waals surface area contributed by atoms with Crippen LogP contribution in [0.15, 0.2) is 18.3 Å². The highest BCUT2D eigenvalue weighted by atomic mass is 19.4. The third-order valence-electron chi connectivity index (χ3n) is 4.58. The van der Waals surface area contributed by atoms with E-state index in [0.717, 1.165) is 61.7 Å². The molecule has 0 aromatic carbocycles. The van der Waals surface area contributed by atoms with Gasteiger partial charge in [0, 0.05) is 18.3 Å². The average molecular weight is 355 g/mol. The van der Waals surface area contributed by atoms with E-state index in [-0.39, 0.29) is 6.42 Å². The monoisotopic (exact) mass is 355 g/mol. The first-order valence-corrected chi connectivity index (χ1v) is 9.22. The number of unbranched alkanes of at least 4 members (excludes halogenated alkanes) is 6. The Morgan fingerprint density at radius 2 is 1.64 bits per heavy atom. The van der Waals surface area contributed by atoms with Gasteiger partial charge < -0.3 is 5.84 Å². The predicted octanol–water partition coefficient (Wildman–Crippen LogP) is 5.54. The third-order valence-corrected chi connectivity index (χ3v) is 4.58. The van der Waals surface area contributed by atoms with Crippen LogP contribution in [-0.4, -0.2) is 15.8 Å². The van der Waals surface area contributed by atoms with Crippen molar-refractivity contribution in [2.24, 2.45) is 0 Å². The first kappa shape index (κ1) is 19.6. The number of hydrogen-bond donors (Lipinski definition) is 1. The quantitative estimate of drug-likeness (QED) is 0.449. The number of aryl methyl sites for hydroxylation is 2. The van der Waals surface area contributed by atoms with Crippen molar-refractivity contribution in [3.8, 4) is 0 Å². The highest BCUT2D eigenvalue weighted by Gasteiger charge is 2.25. The second kappa shape index (κ2) is 9.11. The van der Waals surface area contributed by atoms with Gasteiger partial charge in [-0.1, -0.05) is 39.0 Å². The molecule has 0 atom stereocenters. The topological polar surface area (TPSA) is 43.8 Å². The van der Waals surface area contributed by atoms with Crippen LogP contribution in [0.25, 0.3) is 11.0 Å². The Labute approximate surface area is 147 Å². The molecule has 0 amide bonds. The van der Waals surface area contributed by atoms with E-state index in [1.54, 1.807) is 4.68 Å². The molecule has 2 rings (SSSR count). The SMILES string of the molecule is CCc1cn(N)c2ccc(CCCCCCCCCC(F)(F)F)nc12. The highest BCUT2D eigenvalue weighted by Crippen LogP contribution is 2.23. The van der Waals surface area contributed by atoms with Gasteiger partial charge in [-0.3, -0.25) is 9.66 Å². The van der Waals surface area contributed by atoms with Gasteiger partial charge >= 0.3 is 6.18 Å². The number of fused-ring (bicyclic) bond motifs is 1. The molecule has 2 aromatic rings. The molecule has 2 N–H and O–H groups in total. The van der Waals surface area contributed by atoms with Crippen LogP contribution in [-0.2, 0) is 12.8 Å². The molecule has 2 heterocycles. The summed E-state index contributed by atoms with van der Waals surface area (Å²) >= 11 is 0. The number of nitrogen functional groups attached to an aromatic ring is 1. The van der Waals surface area contributed by atoms with Crippen LogP contribution < -0.4 is 5.84 Å². The number of rotatable bonds is 10. The molecule has 0 radical (unpaired) electrons. The maximum absolute atomic E-state index is 12.0. The van der Waals surface area contributed by atoms with Crippen LogP contribution in [0.3, 0.4) is 0 Å². The minimum absolute atomic E-state index is 0.258. The number of pyridine rings is 1. The molecule has 0 aliphatic rings. The lowest BCUT2D eigenvalue weighted by atomic mass is 10.1. The summed E-state index contributed by atoms with van der Waals surface area (Å²) < 4.78 is 37.7. The summed E-state index contributed by atoms with van der Waals surface area (Å²) in [5, 5.41) is 0. The first-order valence-electron chi connectivity index (χ1n) is 9.22. The molecule has 0 unspecified atom stereocenters. The van der Waals surface area contributed by atoms with Gasteiger partial charge in [-0.15, -0.1) is 0 Å². The Kier molecular flexibility index (Phi) is 7.14. The van der Waals surface area contributed by atoms with Crippen LogP contribution in [0.2, 0.25) is 0 Å². The number of halogens is 3. The summed E-state index contributed by atoms with van der Waals surface area (Å²) in [6, 6.07) is 4.06. The van der Waals surface area contributed by atoms with E-state index in [2.05, 4.69) is 6.92 Å². The van der Waals surface area contributed by atoms with E-state index in [1.807, 2.05) is 18.3 Å². The highest BCUT2D eigenvalue weighted by molar-refractivity contribution is 5.80. The Morgan fingerprint density at radius 1 is 1.00 bits per heavy atom. The van der Waals surface area contributed by atoms with E-state index in [4.69, 9.17) is 10.8 Å². The number of nitrogens with two attached hydrogens (primary N) is 1. The van der Waals surface area contributed by atoms with Crippen molar-refractivity contribution in [3.63, 3.8) is 0 Å². The molecule has 25 heavy (non-hydrogen) atoms. The molecule has 0 saturated carbocycles. The van der Waals surface area contributed by atoms with Gasteiger partial charge in [0.25, 0.3) is 0 Å². The summed E-state index contributed by atoms with van der Waals surface area (Å²) in [5.41, 5.74) is 4.20. The fourth-order valence-electron chi connectivity index (χ4n) is 3.15. The summed E-state index contributed by atoms with van der Waals surface area (Å²) in [5.74, 6) is 5.93. The molecule has 0 fully saturated rings. The smallest absolute Gasteiger partial charge is 0.339 e. The maximum atomic E-state index is 12.0. The van der Waals surface area contributed by atoms with E-state index in [9.17, 15) is 13.2 Å². The molecule has 2 aromatic heterocycles. The Hall–Kier alpha value is -1.72. The number of alkyl halides is 3. The minimum atomic E-state index is -4.00. The van der Waals surface area contributed by atoms with Gasteiger partial charge in [-0.2, -0.15) is 13.2 Å². The van der Waals surface area contributed by atoms with Crippen molar-refractivity contribution in [1.29, 1.82) is 0 Å². The lowest BCUT2D eigenvalue weighted by Crippen LogP contribution is -2.06. The second-order valence-corrected chi connectivity index (χ2v) is 6.68. The number of hydrogen-bond acceptors (Lipinski definition) is 2. The third kappa shape index (κ3) is 6.25. The van der Waals surface area contributed by atoms with Gasteiger partial charge in [0.2, 0.25) is 0 Å². The van der Waals surface area contributed by atoms with Crippen molar-refractivity contribution in [3.05, 3.63) is 29.6 Å². The molecule has 3 nitrogen and oxygen atoms in total. The fraction of sp³-hybridized carbons (Fsp3) is 0.632. The van der Waals surface area contributed by atoms with Gasteiger partial charge in [0.1, 0.15) is 0 Å². The van der Waals surface area contributed by atoms with Gasteiger partial charge in [0.15, 0.2) is 0 Å². The fourth-order valence-corrected chi connectivity index (χ4v) is 3.15. The molecule has 0 bridgehead atoms. The number of nitrogens with zero attached hydrogens (tertiary/aromatic N) is 2. The largest absolute Gasteiger partial charge is 0.389 e. The molecule has 6 heteroatoms. The standard InChI is InChI=1S/C19H28F3N3/c1-2-15-14-25(23)17-12-11-16(24-18(15)17)10-8-6-4-3-5-7-9-13-19(20,21)22/h11-12,14H,2-10,13,23H2,1H3. The first-order chi connectivity index (χ1) is 11.9. The summed E-state index contributed by atoms with van der Waals surface area (Å²) in [7, 11) is 0. The summed E-state index contributed by atoms with van der Waals surface area (Å²) in [4.78, 5) is 4.74. The van der Waals surface area contributed by atoms with Crippen molar-refractivity contribution >= 4 is 11.0 Å². The van der Waals surface area contributed by atoms with Crippen LogP contribution >= 0.6 is 0 Å². The zero-order chi connectivity index (χ0) is 18.3. The van der Waals surface area contributed by atoms with Gasteiger partial charge in [-0.25, -0.2) is 0 Å². The maximum Gasteiger partial charge on any atom is 0.389 e. The zero-order valence-electron chi connectivity index (χ0n) is 14.9. The Bertz CT molecular complexity index is 662. The van der Waals surface area contributed by atoms with Crippen LogP contribution in [0, 0.1) is 0 Å².